The standard InChI is InChI=1S/C41H49N7O7/c42-36-32(20-29(46-47-36)26-12-8-9-15-31(26)49)55-25-41-21-40(22-41,23-41)24-44-33(50)16-7-5-3-1-2-4-6-10-19-43-28-14-11-13-27-35(28)39(54)48(38(27)53)30-17-18-34(51)45-37(30)52/h8-9,11-15,20,30,43,49H,1-7,10,16-19,21-25H2,(H2,42,47)(H,44,50)(H,45,51,52). The van der Waals surface area contributed by atoms with Crippen LogP contribution in [-0.4, -0.2) is 75.5 Å². The number of carbonyl (C=O) groups is 5. The summed E-state index contributed by atoms with van der Waals surface area (Å²) >= 11 is 0. The molecule has 4 fully saturated rings. The highest BCUT2D eigenvalue weighted by molar-refractivity contribution is 6.25. The Hall–Kier alpha value is -5.53. The van der Waals surface area contributed by atoms with E-state index in [9.17, 15) is 29.1 Å². The fourth-order valence-corrected chi connectivity index (χ4v) is 8.86. The third-order valence-corrected chi connectivity index (χ3v) is 11.5. The van der Waals surface area contributed by atoms with Crippen molar-refractivity contribution < 1.29 is 33.8 Å². The van der Waals surface area contributed by atoms with Gasteiger partial charge in [0.15, 0.2) is 11.6 Å². The van der Waals surface area contributed by atoms with Crippen LogP contribution in [0.15, 0.2) is 48.5 Å². The highest BCUT2D eigenvalue weighted by Crippen LogP contribution is 2.73. The minimum atomic E-state index is -0.980. The second kappa shape index (κ2) is 16.1. The van der Waals surface area contributed by atoms with Crippen molar-refractivity contribution >= 4 is 41.0 Å². The third-order valence-electron chi connectivity index (χ3n) is 11.5. The third kappa shape index (κ3) is 8.13. The van der Waals surface area contributed by atoms with Crippen LogP contribution in [0.25, 0.3) is 11.3 Å². The average Bonchev–Trinajstić information content (AvgIpc) is 3.39. The number of nitrogen functional groups attached to an aromatic ring is 1. The van der Waals surface area contributed by atoms with Crippen LogP contribution in [0.3, 0.4) is 0 Å². The van der Waals surface area contributed by atoms with E-state index in [1.54, 1.807) is 42.5 Å². The van der Waals surface area contributed by atoms with Crippen LogP contribution in [0.1, 0.15) is 111 Å². The van der Waals surface area contributed by atoms with Gasteiger partial charge in [0.25, 0.3) is 11.8 Å². The maximum absolute atomic E-state index is 13.2. The van der Waals surface area contributed by atoms with Crippen molar-refractivity contribution in [3.8, 4) is 22.8 Å². The number of anilines is 2. The lowest BCUT2D eigenvalue weighted by molar-refractivity contribution is -0.215. The highest BCUT2D eigenvalue weighted by Gasteiger charge is 2.67. The van der Waals surface area contributed by atoms with Crippen LogP contribution < -0.4 is 26.4 Å². The minimum Gasteiger partial charge on any atom is -0.507 e. The van der Waals surface area contributed by atoms with Gasteiger partial charge in [-0.3, -0.25) is 34.2 Å². The second-order valence-corrected chi connectivity index (χ2v) is 15.8. The minimum absolute atomic E-state index is 0.0868. The Balaban J connectivity index is 0.713. The van der Waals surface area contributed by atoms with Crippen LogP contribution in [0.5, 0.6) is 11.5 Å². The zero-order valence-corrected chi connectivity index (χ0v) is 31.0. The summed E-state index contributed by atoms with van der Waals surface area (Å²) < 4.78 is 6.10. The lowest BCUT2D eigenvalue weighted by atomic mass is 9.35. The first-order chi connectivity index (χ1) is 26.6. The van der Waals surface area contributed by atoms with Crippen LogP contribution in [0, 0.1) is 10.8 Å². The number of hydrogen-bond donors (Lipinski definition) is 5. The number of nitrogens with one attached hydrogen (secondary N) is 3. The number of aromatic hydroxyl groups is 1. The molecule has 2 bridgehead atoms. The lowest BCUT2D eigenvalue weighted by Crippen LogP contribution is -2.67. The number of hydrogen-bond acceptors (Lipinski definition) is 11. The van der Waals surface area contributed by atoms with Gasteiger partial charge in [-0.05, 0) is 68.2 Å². The Kier molecular flexibility index (Phi) is 11.0. The Bertz CT molecular complexity index is 1960. The molecule has 0 radical (unpaired) electrons. The van der Waals surface area contributed by atoms with Crippen LogP contribution >= 0.6 is 0 Å². The van der Waals surface area contributed by atoms with E-state index >= 15 is 0 Å². The van der Waals surface area contributed by atoms with Gasteiger partial charge >= 0.3 is 0 Å². The lowest BCUT2D eigenvalue weighted by Gasteiger charge is -2.70. The summed E-state index contributed by atoms with van der Waals surface area (Å²) in [5, 5.41) is 27.0. The van der Waals surface area contributed by atoms with Crippen molar-refractivity contribution in [1.82, 2.24) is 25.7 Å². The van der Waals surface area contributed by atoms with Crippen LogP contribution in [0.4, 0.5) is 11.5 Å². The molecule has 5 amide bonds. The molecule has 3 saturated carbocycles. The maximum Gasteiger partial charge on any atom is 0.264 e. The molecule has 1 atom stereocenters. The van der Waals surface area contributed by atoms with Gasteiger partial charge in [-0.2, -0.15) is 0 Å². The molecule has 14 nitrogen and oxygen atoms in total. The average molecular weight is 752 g/mol. The number of piperidine rings is 1. The van der Waals surface area contributed by atoms with Crippen molar-refractivity contribution in [1.29, 1.82) is 0 Å². The molecule has 6 N–H and O–H groups in total. The fraction of sp³-hybridized carbons (Fsp3) is 0.488. The Morgan fingerprint density at radius 2 is 1.60 bits per heavy atom. The van der Waals surface area contributed by atoms with Gasteiger partial charge in [-0.15, -0.1) is 10.2 Å². The molecule has 2 aromatic carbocycles. The van der Waals surface area contributed by atoms with Gasteiger partial charge < -0.3 is 26.2 Å². The van der Waals surface area contributed by atoms with E-state index in [1.165, 1.54) is 0 Å². The van der Waals surface area contributed by atoms with Gasteiger partial charge in [-0.1, -0.05) is 56.7 Å². The van der Waals surface area contributed by atoms with E-state index in [0.717, 1.165) is 75.5 Å². The summed E-state index contributed by atoms with van der Waals surface area (Å²) in [5.74, 6) is -1.11. The molecule has 1 saturated heterocycles. The predicted octanol–water partition coefficient (Wildman–Crippen LogP) is 5.12. The number of fused-ring (bicyclic) bond motifs is 1. The summed E-state index contributed by atoms with van der Waals surface area (Å²) in [4.78, 5) is 63.7. The first kappa shape index (κ1) is 37.8. The molecule has 290 valence electrons. The smallest absolute Gasteiger partial charge is 0.264 e. The number of carbonyl (C=O) groups excluding carboxylic acids is 5. The molecule has 0 spiro atoms. The maximum atomic E-state index is 13.2. The Morgan fingerprint density at radius 3 is 2.35 bits per heavy atom. The number of para-hydroxylation sites is 1. The number of nitrogens with zero attached hydrogens (tertiary/aromatic N) is 3. The largest absolute Gasteiger partial charge is 0.507 e. The van der Waals surface area contributed by atoms with Crippen molar-refractivity contribution in [2.75, 3.05) is 30.7 Å². The zero-order chi connectivity index (χ0) is 38.6. The molecule has 1 aromatic heterocycles. The first-order valence-electron chi connectivity index (χ1n) is 19.5. The number of nitrogens with two attached hydrogens (primary N) is 1. The highest BCUT2D eigenvalue weighted by atomic mass is 16.5. The van der Waals surface area contributed by atoms with Crippen molar-refractivity contribution in [2.24, 2.45) is 10.8 Å². The van der Waals surface area contributed by atoms with Gasteiger partial charge in [0, 0.05) is 48.7 Å². The monoisotopic (exact) mass is 751 g/mol. The number of aromatic nitrogens is 2. The quantitative estimate of drug-likeness (QED) is 0.0803. The fourth-order valence-electron chi connectivity index (χ4n) is 8.86. The molecule has 3 aliphatic carbocycles. The molecule has 55 heavy (non-hydrogen) atoms. The van der Waals surface area contributed by atoms with Gasteiger partial charge in [0.1, 0.15) is 17.5 Å². The van der Waals surface area contributed by atoms with E-state index in [4.69, 9.17) is 10.5 Å². The van der Waals surface area contributed by atoms with Crippen LogP contribution in [0.2, 0.25) is 0 Å². The van der Waals surface area contributed by atoms with E-state index in [1.807, 2.05) is 6.07 Å². The molecule has 1 unspecified atom stereocenters. The van der Waals surface area contributed by atoms with Gasteiger partial charge in [-0.25, -0.2) is 0 Å². The molecule has 14 heteroatoms. The number of ether oxygens (including phenoxy) is 1. The Morgan fingerprint density at radius 1 is 0.891 bits per heavy atom. The number of imide groups is 2. The normalized spacial score (nSPS) is 22.4. The molecule has 8 rings (SSSR count). The SMILES string of the molecule is Nc1nnc(-c2ccccc2O)cc1OCC12CC(CNC(=O)CCCCCCCCCCNc3cccc4c3C(=O)N(C3CCC(=O)NC3=O)C4=O)(C1)C2. The van der Waals surface area contributed by atoms with Crippen LogP contribution in [-0.2, 0) is 14.4 Å². The molecular weight excluding hydrogens is 702 g/mol. The number of phenols is 1. The molecule has 3 aromatic rings. The zero-order valence-electron chi connectivity index (χ0n) is 31.0. The molecule has 5 aliphatic rings. The van der Waals surface area contributed by atoms with E-state index in [-0.39, 0.29) is 52.3 Å². The summed E-state index contributed by atoms with van der Waals surface area (Å²) in [7, 11) is 0. The van der Waals surface area contributed by atoms with Crippen molar-refractivity contribution in [3.63, 3.8) is 0 Å². The van der Waals surface area contributed by atoms with Crippen molar-refractivity contribution in [3.05, 3.63) is 59.7 Å². The number of rotatable bonds is 19. The number of phenolic OH excluding ortho intramolecular Hbond substituents is 1. The predicted molar refractivity (Wildman–Crippen MR) is 204 cm³/mol. The molecular formula is C41H49N7O7. The molecule has 3 heterocycles. The summed E-state index contributed by atoms with van der Waals surface area (Å²) in [5.41, 5.74) is 8.52. The summed E-state index contributed by atoms with van der Waals surface area (Å²) in [6.07, 6.45) is 12.1. The number of benzene rings is 2. The van der Waals surface area contributed by atoms with Crippen molar-refractivity contribution in [2.45, 2.75) is 95.9 Å². The second-order valence-electron chi connectivity index (χ2n) is 15.8. The summed E-state index contributed by atoms with van der Waals surface area (Å²) in [6, 6.07) is 12.8. The van der Waals surface area contributed by atoms with E-state index < -0.39 is 29.7 Å². The number of unbranched alkanes of at least 4 members (excludes halogenated alkanes) is 7. The number of amides is 5. The summed E-state index contributed by atoms with van der Waals surface area (Å²) in [6.45, 7) is 1.90. The first-order valence-corrected chi connectivity index (χ1v) is 19.5. The van der Waals surface area contributed by atoms with E-state index in [2.05, 4.69) is 26.1 Å². The molecule has 2 aliphatic heterocycles. The van der Waals surface area contributed by atoms with E-state index in [0.29, 0.717) is 48.8 Å². The Labute approximate surface area is 320 Å². The topological polar surface area (TPSA) is 206 Å². The van der Waals surface area contributed by atoms with Gasteiger partial charge in [0.2, 0.25) is 17.7 Å². The van der Waals surface area contributed by atoms with Gasteiger partial charge in [0.05, 0.1) is 17.7 Å².